The second-order valence-electron chi connectivity index (χ2n) is 6.29. The normalized spacial score (nSPS) is 11.7. The zero-order valence-electron chi connectivity index (χ0n) is 19.0. The highest BCUT2D eigenvalue weighted by molar-refractivity contribution is 6.38. The molecule has 164 valence electrons. The number of nitrogens with two attached hydrogens (primary N) is 1. The summed E-state index contributed by atoms with van der Waals surface area (Å²) in [6, 6.07) is 8.85. The largest absolute Gasteiger partial charge is 0.369 e. The highest BCUT2D eigenvalue weighted by Gasteiger charge is 2.25. The van der Waals surface area contributed by atoms with Gasteiger partial charge in [-0.2, -0.15) is 0 Å². The highest BCUT2D eigenvalue weighted by Crippen LogP contribution is 2.21. The van der Waals surface area contributed by atoms with Crippen LogP contribution in [-0.4, -0.2) is 23.3 Å². The molecule has 2 N–H and O–H groups in total. The Hall–Kier alpha value is -2.30. The topological polar surface area (TPSA) is 94.3 Å². The highest BCUT2D eigenvalue weighted by atomic mass is 16.2. The van der Waals surface area contributed by atoms with Crippen molar-refractivity contribution in [1.82, 2.24) is 0 Å². The van der Waals surface area contributed by atoms with Crippen LogP contribution in [-0.2, 0) is 19.2 Å². The lowest BCUT2D eigenvalue weighted by Gasteiger charge is -2.13. The maximum atomic E-state index is 12.2. The molecule has 1 amide bonds. The number of amides is 1. The van der Waals surface area contributed by atoms with Gasteiger partial charge in [0.2, 0.25) is 11.7 Å². The van der Waals surface area contributed by atoms with E-state index >= 15 is 0 Å². The average Bonchev–Trinajstić information content (AvgIpc) is 2.76. The molecule has 0 radical (unpaired) electrons. The number of ketones is 3. The maximum absolute atomic E-state index is 12.2. The van der Waals surface area contributed by atoms with Crippen LogP contribution in [0.5, 0.6) is 0 Å². The summed E-state index contributed by atoms with van der Waals surface area (Å²) in [7, 11) is 0. The molecule has 0 fully saturated rings. The van der Waals surface area contributed by atoms with Gasteiger partial charge in [-0.15, -0.1) is 0 Å². The van der Waals surface area contributed by atoms with Crippen LogP contribution in [0.2, 0.25) is 0 Å². The van der Waals surface area contributed by atoms with Gasteiger partial charge < -0.3 is 5.73 Å². The zero-order valence-corrected chi connectivity index (χ0v) is 19.0. The Morgan fingerprint density at radius 1 is 0.897 bits per heavy atom. The van der Waals surface area contributed by atoms with Crippen molar-refractivity contribution in [3.63, 3.8) is 0 Å². The second-order valence-corrected chi connectivity index (χ2v) is 6.29. The molecule has 0 spiro atoms. The Bertz CT molecular complexity index is 611. The molecule has 0 bridgehead atoms. The van der Waals surface area contributed by atoms with Gasteiger partial charge in [-0.05, 0) is 18.4 Å². The Balaban J connectivity index is 0. The fraction of sp³-hybridized carbons (Fsp3) is 0.583. The van der Waals surface area contributed by atoms with Crippen molar-refractivity contribution >= 4 is 23.3 Å². The molecule has 0 aliphatic rings. The summed E-state index contributed by atoms with van der Waals surface area (Å²) in [5.41, 5.74) is 6.08. The fourth-order valence-electron chi connectivity index (χ4n) is 2.87. The van der Waals surface area contributed by atoms with E-state index in [1.54, 1.807) is 24.3 Å². The lowest BCUT2D eigenvalue weighted by Crippen LogP contribution is -2.26. The van der Waals surface area contributed by atoms with Gasteiger partial charge in [0.1, 0.15) is 5.78 Å². The molecule has 1 aromatic carbocycles. The standard InChI is InChI=1S/C20H27NO4.2C2H6/c1-3-8-14(4-2)19(24)18(23)12-11-16(22)13-17(20(21)25)15-9-6-5-7-10-15;2*1-2/h5-7,9-10,14,17H,3-4,8,11-13H2,1-2H3,(H2,21,25);2*1-2H3/t14?,17-;;/m0../s1. The quantitative estimate of drug-likeness (QED) is 0.494. The van der Waals surface area contributed by atoms with Crippen LogP contribution in [0.3, 0.4) is 0 Å². The number of rotatable bonds is 12. The second kappa shape index (κ2) is 17.8. The van der Waals surface area contributed by atoms with Crippen molar-refractivity contribution in [3.05, 3.63) is 35.9 Å². The average molecular weight is 406 g/mol. The molecule has 0 saturated heterocycles. The van der Waals surface area contributed by atoms with Crippen LogP contribution in [0.25, 0.3) is 0 Å². The van der Waals surface area contributed by atoms with Gasteiger partial charge in [-0.3, -0.25) is 19.2 Å². The SMILES string of the molecule is CC.CC.CCCC(CC)C(=O)C(=O)CCC(=O)C[C@H](C(N)=O)c1ccccc1. The first-order valence-electron chi connectivity index (χ1n) is 10.8. The number of hydrogen-bond acceptors (Lipinski definition) is 4. The summed E-state index contributed by atoms with van der Waals surface area (Å²) in [4.78, 5) is 47.9. The summed E-state index contributed by atoms with van der Waals surface area (Å²) in [6.07, 6.45) is 1.97. The van der Waals surface area contributed by atoms with Crippen LogP contribution in [0, 0.1) is 5.92 Å². The Morgan fingerprint density at radius 3 is 1.90 bits per heavy atom. The van der Waals surface area contributed by atoms with Gasteiger partial charge in [0, 0.05) is 25.2 Å². The van der Waals surface area contributed by atoms with E-state index in [4.69, 9.17) is 5.73 Å². The van der Waals surface area contributed by atoms with E-state index in [2.05, 4.69) is 0 Å². The third kappa shape index (κ3) is 11.3. The van der Waals surface area contributed by atoms with E-state index < -0.39 is 17.6 Å². The van der Waals surface area contributed by atoms with Crippen molar-refractivity contribution < 1.29 is 19.2 Å². The van der Waals surface area contributed by atoms with Gasteiger partial charge in [-0.25, -0.2) is 0 Å². The molecule has 1 aromatic rings. The van der Waals surface area contributed by atoms with Gasteiger partial charge in [0.25, 0.3) is 0 Å². The molecule has 0 aromatic heterocycles. The van der Waals surface area contributed by atoms with Crippen LogP contribution in [0.15, 0.2) is 30.3 Å². The summed E-state index contributed by atoms with van der Waals surface area (Å²) in [6.45, 7) is 11.9. The lowest BCUT2D eigenvalue weighted by molar-refractivity contribution is -0.139. The number of primary amides is 1. The number of hydrogen-bond donors (Lipinski definition) is 1. The van der Waals surface area contributed by atoms with E-state index in [1.807, 2.05) is 47.6 Å². The molecule has 5 heteroatoms. The Morgan fingerprint density at radius 2 is 1.45 bits per heavy atom. The van der Waals surface area contributed by atoms with Crippen molar-refractivity contribution in [3.8, 4) is 0 Å². The Kier molecular flexibility index (Phi) is 17.7. The van der Waals surface area contributed by atoms with Gasteiger partial charge in [0.15, 0.2) is 5.78 Å². The molecule has 0 saturated carbocycles. The van der Waals surface area contributed by atoms with Crippen LogP contribution >= 0.6 is 0 Å². The van der Waals surface area contributed by atoms with Gasteiger partial charge >= 0.3 is 0 Å². The minimum atomic E-state index is -0.706. The molecule has 29 heavy (non-hydrogen) atoms. The number of benzene rings is 1. The third-order valence-corrected chi connectivity index (χ3v) is 4.38. The molecule has 0 aliphatic carbocycles. The first-order chi connectivity index (χ1) is 13.9. The van der Waals surface area contributed by atoms with E-state index in [9.17, 15) is 19.2 Å². The lowest BCUT2D eigenvalue weighted by atomic mass is 9.89. The zero-order chi connectivity index (χ0) is 22.8. The van der Waals surface area contributed by atoms with E-state index in [1.165, 1.54) is 0 Å². The van der Waals surface area contributed by atoms with Crippen LogP contribution in [0.4, 0.5) is 0 Å². The number of Topliss-reactive ketones (excluding diaryl/α,β-unsaturated/α-hetero) is 3. The summed E-state index contributed by atoms with van der Waals surface area (Å²) in [5.74, 6) is -2.65. The molecule has 1 unspecified atom stereocenters. The Labute approximate surface area is 176 Å². The molecule has 5 nitrogen and oxygen atoms in total. The van der Waals surface area contributed by atoms with Gasteiger partial charge in [-0.1, -0.05) is 78.3 Å². The van der Waals surface area contributed by atoms with Crippen molar-refractivity contribution in [2.24, 2.45) is 11.7 Å². The summed E-state index contributed by atoms with van der Waals surface area (Å²) >= 11 is 0. The minimum Gasteiger partial charge on any atom is -0.369 e. The maximum Gasteiger partial charge on any atom is 0.225 e. The number of carbonyl (C=O) groups is 4. The van der Waals surface area contributed by atoms with E-state index in [-0.39, 0.29) is 36.7 Å². The first kappa shape index (κ1) is 28.9. The summed E-state index contributed by atoms with van der Waals surface area (Å²) < 4.78 is 0. The van der Waals surface area contributed by atoms with Crippen LogP contribution < -0.4 is 5.73 Å². The van der Waals surface area contributed by atoms with Crippen molar-refractivity contribution in [1.29, 1.82) is 0 Å². The van der Waals surface area contributed by atoms with Crippen molar-refractivity contribution in [2.45, 2.75) is 86.0 Å². The molecule has 1 rings (SSSR count). The smallest absolute Gasteiger partial charge is 0.225 e. The predicted octanol–water partition coefficient (Wildman–Crippen LogP) is 5.01. The monoisotopic (exact) mass is 405 g/mol. The molecular formula is C24H39NO4. The first-order valence-corrected chi connectivity index (χ1v) is 10.8. The van der Waals surface area contributed by atoms with Crippen molar-refractivity contribution in [2.75, 3.05) is 0 Å². The van der Waals surface area contributed by atoms with E-state index in [0.29, 0.717) is 18.4 Å². The fourth-order valence-corrected chi connectivity index (χ4v) is 2.87. The summed E-state index contributed by atoms with van der Waals surface area (Å²) in [5, 5.41) is 0. The third-order valence-electron chi connectivity index (χ3n) is 4.38. The van der Waals surface area contributed by atoms with Crippen LogP contribution in [0.1, 0.15) is 91.5 Å². The molecule has 0 heterocycles. The molecular weight excluding hydrogens is 366 g/mol. The predicted molar refractivity (Wildman–Crippen MR) is 119 cm³/mol. The number of carbonyl (C=O) groups excluding carboxylic acids is 4. The van der Waals surface area contributed by atoms with Gasteiger partial charge in [0.05, 0.1) is 5.92 Å². The molecule has 0 aliphatic heterocycles. The minimum absolute atomic E-state index is 0.0380. The molecule has 2 atom stereocenters. The van der Waals surface area contributed by atoms with E-state index in [0.717, 1.165) is 6.42 Å².